The molecule has 2 aromatic heterocycles. The summed E-state index contributed by atoms with van der Waals surface area (Å²) < 4.78 is 5.15. The Morgan fingerprint density at radius 1 is 1.23 bits per heavy atom. The number of amides is 1. The van der Waals surface area contributed by atoms with E-state index in [-0.39, 0.29) is 11.9 Å². The molecule has 134 valence electrons. The molecular weight excluding hydrogens is 328 g/mol. The predicted molar refractivity (Wildman–Crippen MR) is 98.9 cm³/mol. The first kappa shape index (κ1) is 15.6. The van der Waals surface area contributed by atoms with E-state index in [2.05, 4.69) is 20.4 Å². The fourth-order valence-electron chi connectivity index (χ4n) is 4.21. The van der Waals surface area contributed by atoms with Crippen molar-refractivity contribution in [2.45, 2.75) is 37.8 Å². The largest absolute Gasteiger partial charge is 0.472 e. The third-order valence-corrected chi connectivity index (χ3v) is 5.78. The quantitative estimate of drug-likeness (QED) is 0.761. The van der Waals surface area contributed by atoms with Gasteiger partial charge in [0.2, 0.25) is 0 Å². The maximum absolute atomic E-state index is 12.8. The fourth-order valence-corrected chi connectivity index (χ4v) is 4.21. The average Bonchev–Trinajstić information content (AvgIpc) is 3.28. The number of aromatic nitrogens is 2. The van der Waals surface area contributed by atoms with E-state index < -0.39 is 0 Å². The van der Waals surface area contributed by atoms with Crippen LogP contribution in [0.1, 0.15) is 36.2 Å². The van der Waals surface area contributed by atoms with Crippen LogP contribution in [0.25, 0.3) is 22.0 Å². The third kappa shape index (κ3) is 2.70. The topological polar surface area (TPSA) is 74.2 Å². The van der Waals surface area contributed by atoms with Crippen molar-refractivity contribution in [1.29, 1.82) is 0 Å². The molecule has 0 bridgehead atoms. The number of furan rings is 1. The first-order valence-corrected chi connectivity index (χ1v) is 9.33. The van der Waals surface area contributed by atoms with E-state index in [9.17, 15) is 4.79 Å². The second-order valence-corrected chi connectivity index (χ2v) is 7.38. The normalized spacial score (nSPS) is 23.2. The molecule has 1 amide bonds. The van der Waals surface area contributed by atoms with Gasteiger partial charge in [0.25, 0.3) is 5.91 Å². The minimum Gasteiger partial charge on any atom is -0.472 e. The van der Waals surface area contributed by atoms with Crippen LogP contribution in [0.2, 0.25) is 0 Å². The number of aromatic amines is 1. The van der Waals surface area contributed by atoms with Crippen LogP contribution >= 0.6 is 0 Å². The van der Waals surface area contributed by atoms with Crippen molar-refractivity contribution >= 4 is 16.8 Å². The minimum absolute atomic E-state index is 0.0868. The maximum Gasteiger partial charge on any atom is 0.272 e. The molecule has 1 aromatic carbocycles. The first-order valence-electron chi connectivity index (χ1n) is 9.33. The van der Waals surface area contributed by atoms with Crippen LogP contribution in [0.3, 0.4) is 0 Å². The van der Waals surface area contributed by atoms with Gasteiger partial charge in [0, 0.05) is 29.6 Å². The fraction of sp³-hybridized carbons (Fsp3) is 0.400. The van der Waals surface area contributed by atoms with Crippen molar-refractivity contribution < 1.29 is 9.21 Å². The van der Waals surface area contributed by atoms with Crippen molar-refractivity contribution in [3.63, 3.8) is 0 Å². The highest BCUT2D eigenvalue weighted by atomic mass is 16.3. The van der Waals surface area contributed by atoms with Gasteiger partial charge in [0.05, 0.1) is 18.0 Å². The molecule has 0 spiro atoms. The molecule has 5 rings (SSSR count). The van der Waals surface area contributed by atoms with Crippen LogP contribution in [-0.2, 0) is 0 Å². The number of benzene rings is 1. The zero-order valence-corrected chi connectivity index (χ0v) is 14.6. The number of nitrogens with one attached hydrogen (secondary N) is 2. The Bertz CT molecular complexity index is 931. The molecule has 3 aromatic rings. The third-order valence-electron chi connectivity index (χ3n) is 5.78. The summed E-state index contributed by atoms with van der Waals surface area (Å²) in [5.74, 6) is -0.0868. The van der Waals surface area contributed by atoms with Gasteiger partial charge in [-0.2, -0.15) is 5.10 Å². The van der Waals surface area contributed by atoms with Crippen molar-refractivity contribution in [1.82, 2.24) is 20.4 Å². The summed E-state index contributed by atoms with van der Waals surface area (Å²) in [6.07, 6.45) is 8.16. The molecule has 0 saturated carbocycles. The summed E-state index contributed by atoms with van der Waals surface area (Å²) in [7, 11) is 0. The van der Waals surface area contributed by atoms with Crippen molar-refractivity contribution in [2.75, 3.05) is 13.1 Å². The molecule has 2 aliphatic heterocycles. The highest BCUT2D eigenvalue weighted by Gasteiger charge is 2.33. The van der Waals surface area contributed by atoms with E-state index in [4.69, 9.17) is 4.42 Å². The lowest BCUT2D eigenvalue weighted by molar-refractivity contribution is 0.0787. The summed E-state index contributed by atoms with van der Waals surface area (Å²) in [6.45, 7) is 2.13. The number of rotatable bonds is 3. The molecule has 2 aliphatic rings. The molecule has 6 heteroatoms. The smallest absolute Gasteiger partial charge is 0.272 e. The van der Waals surface area contributed by atoms with E-state index in [1.165, 1.54) is 25.8 Å². The van der Waals surface area contributed by atoms with Gasteiger partial charge >= 0.3 is 0 Å². The minimum atomic E-state index is -0.0868. The lowest BCUT2D eigenvalue weighted by Crippen LogP contribution is -2.52. The molecular formula is C20H22N4O2. The second kappa shape index (κ2) is 6.29. The number of H-pyrrole nitrogens is 1. The molecule has 0 radical (unpaired) electrons. The number of carbonyl (C=O) groups excluding carboxylic acids is 1. The van der Waals surface area contributed by atoms with E-state index >= 15 is 0 Å². The molecule has 26 heavy (non-hydrogen) atoms. The monoisotopic (exact) mass is 350 g/mol. The number of hydrogen-bond donors (Lipinski definition) is 2. The Morgan fingerprint density at radius 3 is 3.00 bits per heavy atom. The van der Waals surface area contributed by atoms with Crippen LogP contribution in [-0.4, -0.2) is 46.2 Å². The van der Waals surface area contributed by atoms with E-state index in [0.29, 0.717) is 5.69 Å². The van der Waals surface area contributed by atoms with E-state index in [0.717, 1.165) is 41.0 Å². The highest BCUT2D eigenvalue weighted by molar-refractivity contribution is 6.05. The number of nitrogens with zero attached hydrogens (tertiary/aromatic N) is 2. The first-order chi connectivity index (χ1) is 12.8. The maximum atomic E-state index is 12.8. The summed E-state index contributed by atoms with van der Waals surface area (Å²) in [5.41, 5.74) is 3.38. The summed E-state index contributed by atoms with van der Waals surface area (Å²) in [5, 5.41) is 11.3. The van der Waals surface area contributed by atoms with E-state index in [1.807, 2.05) is 24.3 Å². The highest BCUT2D eigenvalue weighted by Crippen LogP contribution is 2.28. The van der Waals surface area contributed by atoms with Crippen LogP contribution in [0, 0.1) is 0 Å². The predicted octanol–water partition coefficient (Wildman–Crippen LogP) is 3.18. The molecule has 2 fully saturated rings. The van der Waals surface area contributed by atoms with Gasteiger partial charge in [-0.15, -0.1) is 0 Å². The Labute approximate surface area is 151 Å². The van der Waals surface area contributed by atoms with Crippen LogP contribution < -0.4 is 5.32 Å². The summed E-state index contributed by atoms with van der Waals surface area (Å²) in [4.78, 5) is 15.3. The van der Waals surface area contributed by atoms with Gasteiger partial charge in [-0.05, 0) is 56.0 Å². The zero-order valence-electron chi connectivity index (χ0n) is 14.6. The van der Waals surface area contributed by atoms with Gasteiger partial charge < -0.3 is 9.73 Å². The lowest BCUT2D eigenvalue weighted by atomic mass is 10.00. The van der Waals surface area contributed by atoms with Gasteiger partial charge in [-0.25, -0.2) is 0 Å². The summed E-state index contributed by atoms with van der Waals surface area (Å²) >= 11 is 0. The Balaban J connectivity index is 1.35. The van der Waals surface area contributed by atoms with Crippen molar-refractivity contribution in [3.8, 4) is 11.1 Å². The number of carbonyl (C=O) groups is 1. The van der Waals surface area contributed by atoms with Crippen molar-refractivity contribution in [2.24, 2.45) is 0 Å². The Morgan fingerprint density at radius 2 is 2.19 bits per heavy atom. The molecule has 6 nitrogen and oxygen atoms in total. The van der Waals surface area contributed by atoms with Crippen LogP contribution in [0.5, 0.6) is 0 Å². The van der Waals surface area contributed by atoms with E-state index in [1.54, 1.807) is 12.5 Å². The summed E-state index contributed by atoms with van der Waals surface area (Å²) in [6, 6.07) is 8.82. The number of hydrogen-bond acceptors (Lipinski definition) is 4. The Hall–Kier alpha value is -2.60. The van der Waals surface area contributed by atoms with Gasteiger partial charge in [-0.1, -0.05) is 6.07 Å². The van der Waals surface area contributed by atoms with Crippen molar-refractivity contribution in [3.05, 3.63) is 42.5 Å². The van der Waals surface area contributed by atoms with Gasteiger partial charge in [-0.3, -0.25) is 14.8 Å². The zero-order chi connectivity index (χ0) is 17.5. The average molecular weight is 350 g/mol. The van der Waals surface area contributed by atoms with Gasteiger partial charge in [0.1, 0.15) is 0 Å². The molecule has 1 unspecified atom stereocenters. The molecule has 2 N–H and O–H groups in total. The number of fused-ring (bicyclic) bond motifs is 2. The molecule has 4 heterocycles. The Kier molecular flexibility index (Phi) is 3.78. The van der Waals surface area contributed by atoms with Gasteiger partial charge in [0.15, 0.2) is 5.69 Å². The van der Waals surface area contributed by atoms with Crippen LogP contribution in [0.4, 0.5) is 0 Å². The molecule has 2 saturated heterocycles. The second-order valence-electron chi connectivity index (χ2n) is 7.38. The molecule has 0 aliphatic carbocycles. The SMILES string of the molecule is O=C(N[C@H]1CCCC2CCN2C1)c1n[nH]c2cc(-c3ccoc3)ccc12. The molecule has 2 atom stereocenters. The van der Waals surface area contributed by atoms with Crippen LogP contribution in [0.15, 0.2) is 41.2 Å². The lowest BCUT2D eigenvalue weighted by Gasteiger charge is -2.40. The standard InChI is InChI=1S/C20H22N4O2/c25-20(21-15-2-1-3-16-6-8-24(16)11-15)19-17-5-4-13(10-18(17)22-23-19)14-7-9-26-12-14/h4-5,7,9-10,12,15-16H,1-3,6,8,11H2,(H,21,25)(H,22,23)/t15-,16?/m0/s1.